The summed E-state index contributed by atoms with van der Waals surface area (Å²) in [6.07, 6.45) is 0. The van der Waals surface area contributed by atoms with Crippen LogP contribution in [0.5, 0.6) is 5.75 Å². The fourth-order valence-corrected chi connectivity index (χ4v) is 3.84. The molecule has 1 amide bonds. The summed E-state index contributed by atoms with van der Waals surface area (Å²) in [5, 5.41) is 3.01. The van der Waals surface area contributed by atoms with E-state index in [1.54, 1.807) is 6.07 Å². The van der Waals surface area contributed by atoms with Crippen molar-refractivity contribution in [3.63, 3.8) is 0 Å². The summed E-state index contributed by atoms with van der Waals surface area (Å²) in [5.41, 5.74) is 10.2. The minimum atomic E-state index is -1.90. The molecule has 2 aromatic rings. The van der Waals surface area contributed by atoms with Gasteiger partial charge in [-0.3, -0.25) is 4.79 Å². The van der Waals surface area contributed by atoms with Crippen molar-refractivity contribution in [3.05, 3.63) is 47.5 Å². The molecular weight excluding hydrogens is 328 g/mol. The summed E-state index contributed by atoms with van der Waals surface area (Å²) >= 11 is 0. The van der Waals surface area contributed by atoms with Crippen LogP contribution in [-0.4, -0.2) is 14.2 Å². The lowest BCUT2D eigenvalue weighted by Crippen LogP contribution is -2.43. The normalized spacial score (nSPS) is 14.2. The van der Waals surface area contributed by atoms with Crippen molar-refractivity contribution in [1.82, 2.24) is 5.32 Å². The fourth-order valence-electron chi connectivity index (χ4n) is 2.82. The molecule has 0 atom stereocenters. The van der Waals surface area contributed by atoms with Gasteiger partial charge in [-0.05, 0) is 53.0 Å². The lowest BCUT2D eigenvalue weighted by atomic mass is 9.95. The molecule has 5 heteroatoms. The lowest BCUT2D eigenvalue weighted by Gasteiger charge is -2.36. The molecule has 1 heterocycles. The zero-order valence-electron chi connectivity index (χ0n) is 15.6. The predicted octanol–water partition coefficient (Wildman–Crippen LogP) is 4.56. The van der Waals surface area contributed by atoms with Crippen molar-refractivity contribution in [1.29, 1.82) is 0 Å². The Bertz CT molecular complexity index is 838. The third kappa shape index (κ3) is 3.16. The molecule has 3 rings (SSSR count). The molecule has 0 aromatic heterocycles. The molecule has 132 valence electrons. The van der Waals surface area contributed by atoms with Gasteiger partial charge >= 0.3 is 0 Å². The predicted molar refractivity (Wildman–Crippen MR) is 105 cm³/mol. The molecule has 0 fully saturated rings. The Morgan fingerprint density at radius 2 is 1.88 bits per heavy atom. The van der Waals surface area contributed by atoms with E-state index in [-0.39, 0.29) is 10.9 Å². The molecule has 0 spiro atoms. The molecule has 1 aliphatic heterocycles. The van der Waals surface area contributed by atoms with Crippen molar-refractivity contribution in [2.24, 2.45) is 0 Å². The van der Waals surface area contributed by atoms with Crippen molar-refractivity contribution >= 4 is 19.9 Å². The number of carbonyl (C=O) groups is 1. The van der Waals surface area contributed by atoms with Crippen LogP contribution in [0.4, 0.5) is 5.69 Å². The number of nitrogen functional groups attached to an aromatic ring is 1. The van der Waals surface area contributed by atoms with Crippen LogP contribution < -0.4 is 15.5 Å². The molecule has 0 radical (unpaired) electrons. The van der Waals surface area contributed by atoms with Gasteiger partial charge < -0.3 is 15.5 Å². The van der Waals surface area contributed by atoms with Crippen LogP contribution >= 0.6 is 0 Å². The lowest BCUT2D eigenvalue weighted by molar-refractivity contribution is 0.0966. The van der Waals surface area contributed by atoms with Gasteiger partial charge in [-0.2, -0.15) is 0 Å². The second-order valence-corrected chi connectivity index (χ2v) is 12.9. The number of hydrogen-bond donors (Lipinski definition) is 2. The quantitative estimate of drug-likeness (QED) is 0.627. The summed E-state index contributed by atoms with van der Waals surface area (Å²) in [4.78, 5) is 12.0. The second-order valence-electron chi connectivity index (χ2n) is 8.13. The third-order valence-electron chi connectivity index (χ3n) is 5.32. The third-order valence-corrected chi connectivity index (χ3v) is 9.68. The van der Waals surface area contributed by atoms with Crippen LogP contribution in [0.3, 0.4) is 0 Å². The maximum atomic E-state index is 12.0. The number of carbonyl (C=O) groups excluding carboxylic acids is 1. The van der Waals surface area contributed by atoms with Crippen LogP contribution in [0.25, 0.3) is 11.1 Å². The van der Waals surface area contributed by atoms with E-state index in [0.29, 0.717) is 17.8 Å². The molecule has 0 saturated carbocycles. The van der Waals surface area contributed by atoms with Gasteiger partial charge in [0.2, 0.25) is 8.32 Å². The first-order chi connectivity index (χ1) is 11.6. The highest BCUT2D eigenvalue weighted by atomic mass is 28.4. The van der Waals surface area contributed by atoms with Gasteiger partial charge in [-0.1, -0.05) is 39.0 Å². The maximum Gasteiger partial charge on any atom is 0.254 e. The number of amides is 1. The SMILES string of the molecule is CC(C)(C)[Si](C)(C)Oc1cccc(-c2ccc(N)c3c2CNC3=O)c1. The van der Waals surface area contributed by atoms with Crippen LogP contribution in [0.2, 0.25) is 18.1 Å². The second kappa shape index (κ2) is 5.91. The van der Waals surface area contributed by atoms with Gasteiger partial charge in [-0.25, -0.2) is 0 Å². The number of rotatable bonds is 3. The first-order valence-corrected chi connectivity index (χ1v) is 11.5. The van der Waals surface area contributed by atoms with Gasteiger partial charge in [0.15, 0.2) is 0 Å². The minimum absolute atomic E-state index is 0.0944. The average Bonchev–Trinajstić information content (AvgIpc) is 2.89. The van der Waals surface area contributed by atoms with E-state index in [0.717, 1.165) is 22.4 Å². The molecule has 0 saturated heterocycles. The molecule has 25 heavy (non-hydrogen) atoms. The molecule has 2 aromatic carbocycles. The van der Waals surface area contributed by atoms with Crippen LogP contribution in [-0.2, 0) is 6.54 Å². The molecule has 0 bridgehead atoms. The van der Waals surface area contributed by atoms with Gasteiger partial charge in [0, 0.05) is 12.2 Å². The standard InChI is InChI=1S/C20H26N2O2Si/c1-20(2,3)25(4,5)24-14-8-6-7-13(11-14)15-9-10-17(21)18-16(15)12-22-19(18)23/h6-11H,12,21H2,1-5H3,(H,22,23). The highest BCUT2D eigenvalue weighted by Crippen LogP contribution is 2.39. The van der Waals surface area contributed by atoms with Gasteiger partial charge in [-0.15, -0.1) is 0 Å². The Morgan fingerprint density at radius 3 is 2.56 bits per heavy atom. The van der Waals surface area contributed by atoms with E-state index in [1.165, 1.54) is 0 Å². The monoisotopic (exact) mass is 354 g/mol. The Labute approximate surface area is 150 Å². The fraction of sp³-hybridized carbons (Fsp3) is 0.350. The Balaban J connectivity index is 2.01. The Morgan fingerprint density at radius 1 is 1.16 bits per heavy atom. The first kappa shape index (κ1) is 17.5. The van der Waals surface area contributed by atoms with Gasteiger partial charge in [0.1, 0.15) is 5.75 Å². The largest absolute Gasteiger partial charge is 0.543 e. The first-order valence-electron chi connectivity index (χ1n) is 8.59. The van der Waals surface area contributed by atoms with Crippen LogP contribution in [0.1, 0.15) is 36.7 Å². The Hall–Kier alpha value is -2.27. The van der Waals surface area contributed by atoms with E-state index < -0.39 is 8.32 Å². The van der Waals surface area contributed by atoms with Crippen molar-refractivity contribution in [3.8, 4) is 16.9 Å². The highest BCUT2D eigenvalue weighted by molar-refractivity contribution is 6.74. The molecule has 4 nitrogen and oxygen atoms in total. The van der Waals surface area contributed by atoms with E-state index in [2.05, 4.69) is 45.2 Å². The number of nitrogens with one attached hydrogen (secondary N) is 1. The van der Waals surface area contributed by atoms with E-state index in [9.17, 15) is 4.79 Å². The van der Waals surface area contributed by atoms with Crippen molar-refractivity contribution < 1.29 is 9.22 Å². The smallest absolute Gasteiger partial charge is 0.254 e. The summed E-state index contributed by atoms with van der Waals surface area (Å²) in [5.74, 6) is 0.787. The summed E-state index contributed by atoms with van der Waals surface area (Å²) in [6, 6.07) is 11.9. The number of anilines is 1. The summed E-state index contributed by atoms with van der Waals surface area (Å²) in [6.45, 7) is 11.7. The van der Waals surface area contributed by atoms with Gasteiger partial charge in [0.05, 0.1) is 5.56 Å². The van der Waals surface area contributed by atoms with Gasteiger partial charge in [0.25, 0.3) is 5.91 Å². The van der Waals surface area contributed by atoms with Crippen LogP contribution in [0.15, 0.2) is 36.4 Å². The molecule has 0 aliphatic carbocycles. The highest BCUT2D eigenvalue weighted by Gasteiger charge is 2.39. The number of hydrogen-bond acceptors (Lipinski definition) is 3. The van der Waals surface area contributed by atoms with E-state index in [4.69, 9.17) is 10.2 Å². The maximum absolute atomic E-state index is 12.0. The number of benzene rings is 2. The molecule has 3 N–H and O–H groups in total. The average molecular weight is 355 g/mol. The molecular formula is C20H26N2O2Si. The number of fused-ring (bicyclic) bond motifs is 1. The molecule has 0 unspecified atom stereocenters. The van der Waals surface area contributed by atoms with Crippen molar-refractivity contribution in [2.45, 2.75) is 45.4 Å². The minimum Gasteiger partial charge on any atom is -0.543 e. The van der Waals surface area contributed by atoms with E-state index >= 15 is 0 Å². The number of nitrogens with two attached hydrogens (primary N) is 1. The zero-order chi connectivity index (χ0) is 18.4. The topological polar surface area (TPSA) is 64.3 Å². The summed E-state index contributed by atoms with van der Waals surface area (Å²) < 4.78 is 6.42. The van der Waals surface area contributed by atoms with E-state index in [1.807, 2.05) is 24.3 Å². The summed E-state index contributed by atoms with van der Waals surface area (Å²) in [7, 11) is -1.90. The van der Waals surface area contributed by atoms with Crippen LogP contribution in [0, 0.1) is 0 Å². The van der Waals surface area contributed by atoms with Crippen molar-refractivity contribution in [2.75, 3.05) is 5.73 Å². The molecule has 1 aliphatic rings. The Kier molecular flexibility index (Phi) is 4.15. The zero-order valence-corrected chi connectivity index (χ0v) is 16.6.